The zero-order valence-electron chi connectivity index (χ0n) is 16.3. The highest BCUT2D eigenvalue weighted by atomic mass is 16.4. The second-order valence-electron chi connectivity index (χ2n) is 6.38. The summed E-state index contributed by atoms with van der Waals surface area (Å²) in [5.41, 5.74) is 10.6. The van der Waals surface area contributed by atoms with Crippen LogP contribution in [0.4, 0.5) is 0 Å². The van der Waals surface area contributed by atoms with E-state index in [9.17, 15) is 33.6 Å². The van der Waals surface area contributed by atoms with E-state index >= 15 is 0 Å². The molecule has 174 valence electrons. The maximum atomic E-state index is 12.5. The Hall–Kier alpha value is -3.75. The molecule has 0 saturated carbocycles. The van der Waals surface area contributed by atoms with Crippen LogP contribution in [-0.2, 0) is 33.6 Å². The summed E-state index contributed by atoms with van der Waals surface area (Å²) in [5.74, 6) is -7.98. The zero-order valence-corrected chi connectivity index (χ0v) is 16.3. The van der Waals surface area contributed by atoms with Crippen LogP contribution in [0.2, 0.25) is 0 Å². The number of aliphatic carboxylic acids is 3. The number of amides is 4. The molecule has 0 spiro atoms. The van der Waals surface area contributed by atoms with Crippen molar-refractivity contribution in [1.82, 2.24) is 16.0 Å². The highest BCUT2D eigenvalue weighted by molar-refractivity contribution is 5.95. The molecule has 0 fully saturated rings. The van der Waals surface area contributed by atoms with Crippen molar-refractivity contribution in [3.8, 4) is 0 Å². The number of nitrogens with two attached hydrogens (primary N) is 2. The molecule has 10 N–H and O–H groups in total. The van der Waals surface area contributed by atoms with Gasteiger partial charge in [0.2, 0.25) is 23.6 Å². The second kappa shape index (κ2) is 13.5. The van der Waals surface area contributed by atoms with Gasteiger partial charge in [-0.1, -0.05) is 0 Å². The number of carboxylic acid groups (broad SMARTS) is 3. The van der Waals surface area contributed by atoms with Crippen molar-refractivity contribution < 1.29 is 48.9 Å². The average Bonchev–Trinajstić information content (AvgIpc) is 2.65. The second-order valence-corrected chi connectivity index (χ2v) is 6.38. The minimum Gasteiger partial charge on any atom is -0.481 e. The van der Waals surface area contributed by atoms with Crippen LogP contribution >= 0.6 is 0 Å². The Morgan fingerprint density at radius 3 is 1.77 bits per heavy atom. The summed E-state index contributed by atoms with van der Waals surface area (Å²) in [5, 5.41) is 32.3. The summed E-state index contributed by atoms with van der Waals surface area (Å²) in [6, 6.07) is -4.44. The smallest absolute Gasteiger partial charge is 0.322 e. The molecule has 0 heterocycles. The molecule has 15 heteroatoms. The third-order valence-corrected chi connectivity index (χ3v) is 3.74. The van der Waals surface area contributed by atoms with Crippen LogP contribution in [0.25, 0.3) is 0 Å². The number of primary amides is 1. The van der Waals surface area contributed by atoms with Gasteiger partial charge in [0.25, 0.3) is 0 Å². The van der Waals surface area contributed by atoms with Gasteiger partial charge in [0.05, 0.1) is 12.5 Å². The molecule has 3 atom stereocenters. The lowest BCUT2D eigenvalue weighted by Gasteiger charge is -2.23. The first-order valence-corrected chi connectivity index (χ1v) is 8.91. The van der Waals surface area contributed by atoms with Gasteiger partial charge in [0.15, 0.2) is 0 Å². The number of rotatable bonds is 15. The summed E-state index contributed by atoms with van der Waals surface area (Å²) in [6.45, 7) is -0.828. The SMILES string of the molecule is NC(=O)CCC(NC(=O)C(N)CCC(=O)O)C(=O)NC(CC(=O)O)C(=O)NCC(=O)O. The molecule has 0 saturated heterocycles. The van der Waals surface area contributed by atoms with Crippen LogP contribution in [-0.4, -0.2) is 81.5 Å². The summed E-state index contributed by atoms with van der Waals surface area (Å²) in [4.78, 5) is 79.8. The molecular weight excluding hydrogens is 422 g/mol. The van der Waals surface area contributed by atoms with E-state index in [-0.39, 0.29) is 19.3 Å². The van der Waals surface area contributed by atoms with Crippen LogP contribution in [0.15, 0.2) is 0 Å². The summed E-state index contributed by atoms with van der Waals surface area (Å²) in [6.07, 6.45) is -2.25. The van der Waals surface area contributed by atoms with Gasteiger partial charge in [-0.25, -0.2) is 0 Å². The van der Waals surface area contributed by atoms with Crippen molar-refractivity contribution in [2.45, 2.75) is 50.2 Å². The molecule has 31 heavy (non-hydrogen) atoms. The lowest BCUT2D eigenvalue weighted by molar-refractivity contribution is -0.142. The van der Waals surface area contributed by atoms with Crippen molar-refractivity contribution in [3.63, 3.8) is 0 Å². The van der Waals surface area contributed by atoms with Crippen molar-refractivity contribution in [1.29, 1.82) is 0 Å². The first-order valence-electron chi connectivity index (χ1n) is 8.91. The third kappa shape index (κ3) is 12.4. The van der Waals surface area contributed by atoms with Gasteiger partial charge in [-0.3, -0.25) is 33.6 Å². The number of nitrogens with one attached hydrogen (secondary N) is 3. The van der Waals surface area contributed by atoms with Gasteiger partial charge >= 0.3 is 17.9 Å². The van der Waals surface area contributed by atoms with Crippen LogP contribution in [0.3, 0.4) is 0 Å². The fourth-order valence-corrected chi connectivity index (χ4v) is 2.19. The number of hydrogen-bond acceptors (Lipinski definition) is 8. The van der Waals surface area contributed by atoms with Crippen molar-refractivity contribution in [2.24, 2.45) is 11.5 Å². The molecule has 0 aliphatic heterocycles. The molecule has 0 aromatic carbocycles. The molecule has 0 aromatic rings. The Kier molecular flexibility index (Phi) is 11.8. The minimum absolute atomic E-state index is 0.245. The van der Waals surface area contributed by atoms with Crippen LogP contribution in [0.1, 0.15) is 32.1 Å². The van der Waals surface area contributed by atoms with Crippen LogP contribution in [0, 0.1) is 0 Å². The lowest BCUT2D eigenvalue weighted by Crippen LogP contribution is -2.56. The number of carbonyl (C=O) groups excluding carboxylic acids is 4. The molecule has 4 amide bonds. The Morgan fingerprint density at radius 2 is 1.29 bits per heavy atom. The molecule has 3 unspecified atom stereocenters. The summed E-state index contributed by atoms with van der Waals surface area (Å²) >= 11 is 0. The molecular formula is C16H25N5O10. The normalized spacial score (nSPS) is 13.2. The highest BCUT2D eigenvalue weighted by Crippen LogP contribution is 2.03. The van der Waals surface area contributed by atoms with Gasteiger partial charge in [0, 0.05) is 12.8 Å². The Bertz CT molecular complexity index is 726. The van der Waals surface area contributed by atoms with Crippen LogP contribution < -0.4 is 27.4 Å². The predicted octanol–water partition coefficient (Wildman–Crippen LogP) is -3.91. The van der Waals surface area contributed by atoms with E-state index < -0.39 is 79.0 Å². The molecule has 0 aliphatic carbocycles. The first kappa shape index (κ1) is 27.2. The Balaban J connectivity index is 5.31. The van der Waals surface area contributed by atoms with Crippen molar-refractivity contribution in [2.75, 3.05) is 6.54 Å². The van der Waals surface area contributed by atoms with E-state index in [0.717, 1.165) is 0 Å². The fraction of sp³-hybridized carbons (Fsp3) is 0.562. The van der Waals surface area contributed by atoms with E-state index in [1.165, 1.54) is 0 Å². The zero-order chi connectivity index (χ0) is 24.1. The standard InChI is InChI=1S/C16H25N5O10/c17-7(1-4-11(23)24)14(29)20-8(2-3-10(18)22)16(31)21-9(5-12(25)26)15(30)19-6-13(27)28/h7-9H,1-6,17H2,(H2,18,22)(H,19,30)(H,20,29)(H,21,31)(H,23,24)(H,25,26)(H,27,28). The van der Waals surface area contributed by atoms with E-state index in [1.807, 2.05) is 5.32 Å². The van der Waals surface area contributed by atoms with Gasteiger partial charge < -0.3 is 42.7 Å². The fourth-order valence-electron chi connectivity index (χ4n) is 2.19. The third-order valence-electron chi connectivity index (χ3n) is 3.74. The van der Waals surface area contributed by atoms with Crippen LogP contribution in [0.5, 0.6) is 0 Å². The van der Waals surface area contributed by atoms with Gasteiger partial charge in [-0.15, -0.1) is 0 Å². The number of carboxylic acids is 3. The van der Waals surface area contributed by atoms with Crippen molar-refractivity contribution in [3.05, 3.63) is 0 Å². The maximum Gasteiger partial charge on any atom is 0.322 e. The Labute approximate surface area is 175 Å². The lowest BCUT2D eigenvalue weighted by atomic mass is 10.1. The van der Waals surface area contributed by atoms with Crippen molar-refractivity contribution >= 4 is 41.5 Å². The van der Waals surface area contributed by atoms with E-state index in [2.05, 4.69) is 10.6 Å². The van der Waals surface area contributed by atoms with Gasteiger partial charge in [-0.2, -0.15) is 0 Å². The Morgan fingerprint density at radius 1 is 0.710 bits per heavy atom. The molecule has 0 bridgehead atoms. The monoisotopic (exact) mass is 447 g/mol. The highest BCUT2D eigenvalue weighted by Gasteiger charge is 2.29. The minimum atomic E-state index is -1.68. The topological polar surface area (TPSA) is 268 Å². The van der Waals surface area contributed by atoms with Gasteiger partial charge in [0.1, 0.15) is 18.6 Å². The van der Waals surface area contributed by atoms with Gasteiger partial charge in [-0.05, 0) is 12.8 Å². The summed E-state index contributed by atoms with van der Waals surface area (Å²) in [7, 11) is 0. The molecule has 0 radical (unpaired) electrons. The average molecular weight is 447 g/mol. The first-order chi connectivity index (χ1) is 14.3. The largest absolute Gasteiger partial charge is 0.481 e. The molecule has 0 rings (SSSR count). The maximum absolute atomic E-state index is 12.5. The number of hydrogen-bond donors (Lipinski definition) is 8. The van der Waals surface area contributed by atoms with E-state index in [1.54, 1.807) is 0 Å². The van der Waals surface area contributed by atoms with E-state index in [0.29, 0.717) is 0 Å². The molecule has 0 aromatic heterocycles. The quantitative estimate of drug-likeness (QED) is 0.120. The van der Waals surface area contributed by atoms with E-state index in [4.69, 9.17) is 26.8 Å². The molecule has 15 nitrogen and oxygen atoms in total. The predicted molar refractivity (Wildman–Crippen MR) is 100 cm³/mol. The molecule has 0 aliphatic rings. The number of carbonyl (C=O) groups is 7. The summed E-state index contributed by atoms with van der Waals surface area (Å²) < 4.78 is 0.